The molecule has 0 radical (unpaired) electrons. The second kappa shape index (κ2) is 11.6. The van der Waals surface area contributed by atoms with E-state index >= 15 is 0 Å². The van der Waals surface area contributed by atoms with Crippen LogP contribution in [0, 0.1) is 20.8 Å². The molecule has 2 amide bonds. The Kier molecular flexibility index (Phi) is 8.79. The number of carbonyl (C=O) groups is 2. The number of ether oxygens (including phenoxy) is 1. The van der Waals surface area contributed by atoms with E-state index in [4.69, 9.17) is 16.3 Å². The van der Waals surface area contributed by atoms with Crippen LogP contribution in [0.25, 0.3) is 0 Å². The fourth-order valence-corrected chi connectivity index (χ4v) is 4.67. The molecule has 0 aliphatic heterocycles. The summed E-state index contributed by atoms with van der Waals surface area (Å²) in [5.74, 6) is 0.358. The van der Waals surface area contributed by atoms with Gasteiger partial charge in [-0.15, -0.1) is 0 Å². The minimum Gasteiger partial charge on any atom is -0.483 e. The van der Waals surface area contributed by atoms with E-state index in [0.29, 0.717) is 17.2 Å². The highest BCUT2D eigenvalue weighted by molar-refractivity contribution is 6.31. The predicted molar refractivity (Wildman–Crippen MR) is 133 cm³/mol. The van der Waals surface area contributed by atoms with E-state index in [9.17, 15) is 9.59 Å². The van der Waals surface area contributed by atoms with Gasteiger partial charge in [-0.25, -0.2) is 0 Å². The molecular formula is C27H35ClN2O3. The second-order valence-electron chi connectivity index (χ2n) is 9.02. The third-order valence-corrected chi connectivity index (χ3v) is 6.87. The molecule has 1 fully saturated rings. The summed E-state index contributed by atoms with van der Waals surface area (Å²) in [6, 6.07) is 11.1. The molecule has 33 heavy (non-hydrogen) atoms. The molecule has 1 aliphatic rings. The summed E-state index contributed by atoms with van der Waals surface area (Å²) in [5.41, 5.74) is 4.02. The van der Waals surface area contributed by atoms with Gasteiger partial charge < -0.3 is 15.0 Å². The maximum atomic E-state index is 13.4. The summed E-state index contributed by atoms with van der Waals surface area (Å²) in [4.78, 5) is 28.2. The Morgan fingerprint density at radius 3 is 2.52 bits per heavy atom. The zero-order chi connectivity index (χ0) is 24.0. The van der Waals surface area contributed by atoms with E-state index in [1.165, 1.54) is 0 Å². The Morgan fingerprint density at radius 1 is 1.15 bits per heavy atom. The van der Waals surface area contributed by atoms with Crippen LogP contribution < -0.4 is 10.1 Å². The van der Waals surface area contributed by atoms with Crippen LogP contribution in [0.3, 0.4) is 0 Å². The van der Waals surface area contributed by atoms with Gasteiger partial charge in [-0.05, 0) is 74.4 Å². The molecule has 178 valence electrons. The number of nitrogens with zero attached hydrogens (tertiary/aromatic N) is 1. The van der Waals surface area contributed by atoms with Crippen LogP contribution in [0.2, 0.25) is 5.02 Å². The Bertz CT molecular complexity index is 985. The van der Waals surface area contributed by atoms with Crippen LogP contribution >= 0.6 is 11.6 Å². The van der Waals surface area contributed by atoms with Gasteiger partial charge in [0.25, 0.3) is 5.91 Å². The van der Waals surface area contributed by atoms with Crippen molar-refractivity contribution in [3.05, 3.63) is 63.7 Å². The minimum absolute atomic E-state index is 0.104. The normalized spacial score (nSPS) is 14.7. The molecule has 1 N–H and O–H groups in total. The molecule has 0 aromatic heterocycles. The molecular weight excluding hydrogens is 436 g/mol. The Balaban J connectivity index is 1.81. The first-order chi connectivity index (χ1) is 15.8. The van der Waals surface area contributed by atoms with E-state index in [2.05, 4.69) is 11.4 Å². The highest BCUT2D eigenvalue weighted by atomic mass is 35.5. The van der Waals surface area contributed by atoms with Crippen molar-refractivity contribution in [2.75, 3.05) is 6.61 Å². The standard InChI is InChI=1S/C27H35ClN2O3/c1-5-24(27(32)29-22-11-7-8-12-22)30(16-21-10-6-9-13-23(21)28)26(31)17-33-25-15-18(2)14-19(3)20(25)4/h6,9-10,13-15,22,24H,5,7-8,11-12,16-17H2,1-4H3,(H,29,32)/t24-/m1/s1. The second-order valence-corrected chi connectivity index (χ2v) is 9.43. The zero-order valence-electron chi connectivity index (χ0n) is 20.1. The maximum absolute atomic E-state index is 13.4. The lowest BCUT2D eigenvalue weighted by Crippen LogP contribution is -2.52. The predicted octanol–water partition coefficient (Wildman–Crippen LogP) is 5.51. The molecule has 2 aromatic carbocycles. The first-order valence-corrected chi connectivity index (χ1v) is 12.2. The van der Waals surface area contributed by atoms with Crippen molar-refractivity contribution in [2.24, 2.45) is 0 Å². The van der Waals surface area contributed by atoms with Crippen molar-refractivity contribution in [3.8, 4) is 5.75 Å². The van der Waals surface area contributed by atoms with Gasteiger partial charge in [0.1, 0.15) is 11.8 Å². The lowest BCUT2D eigenvalue weighted by atomic mass is 10.1. The summed E-state index contributed by atoms with van der Waals surface area (Å²) in [5, 5.41) is 3.73. The Morgan fingerprint density at radius 2 is 1.85 bits per heavy atom. The molecule has 1 saturated carbocycles. The number of aryl methyl sites for hydroxylation is 2. The van der Waals surface area contributed by atoms with Crippen molar-refractivity contribution < 1.29 is 14.3 Å². The van der Waals surface area contributed by atoms with E-state index in [1.54, 1.807) is 11.0 Å². The van der Waals surface area contributed by atoms with Crippen LogP contribution in [0.5, 0.6) is 5.75 Å². The molecule has 0 heterocycles. The van der Waals surface area contributed by atoms with Gasteiger partial charge in [-0.2, -0.15) is 0 Å². The smallest absolute Gasteiger partial charge is 0.261 e. The van der Waals surface area contributed by atoms with Crippen LogP contribution in [-0.2, 0) is 16.1 Å². The van der Waals surface area contributed by atoms with E-state index < -0.39 is 6.04 Å². The highest BCUT2D eigenvalue weighted by Gasteiger charge is 2.31. The fourth-order valence-electron chi connectivity index (χ4n) is 4.47. The SMILES string of the molecule is CC[C@H](C(=O)NC1CCCC1)N(Cc1ccccc1Cl)C(=O)COc1cc(C)cc(C)c1C. The largest absolute Gasteiger partial charge is 0.483 e. The van der Waals surface area contributed by atoms with Gasteiger partial charge in [-0.1, -0.05) is 55.6 Å². The Hall–Kier alpha value is -2.53. The van der Waals surface area contributed by atoms with Crippen LogP contribution in [0.1, 0.15) is 61.3 Å². The van der Waals surface area contributed by atoms with Crippen molar-refractivity contribution in [1.29, 1.82) is 0 Å². The van der Waals surface area contributed by atoms with Gasteiger partial charge in [0, 0.05) is 17.6 Å². The van der Waals surface area contributed by atoms with Gasteiger partial charge in [-0.3, -0.25) is 9.59 Å². The van der Waals surface area contributed by atoms with Gasteiger partial charge >= 0.3 is 0 Å². The molecule has 5 nitrogen and oxygen atoms in total. The average Bonchev–Trinajstić information content (AvgIpc) is 3.29. The number of hydrogen-bond acceptors (Lipinski definition) is 3. The molecule has 1 aliphatic carbocycles. The van der Waals surface area contributed by atoms with Crippen LogP contribution in [-0.4, -0.2) is 35.4 Å². The maximum Gasteiger partial charge on any atom is 0.261 e. The lowest BCUT2D eigenvalue weighted by Gasteiger charge is -2.31. The van der Waals surface area contributed by atoms with Gasteiger partial charge in [0.05, 0.1) is 0 Å². The highest BCUT2D eigenvalue weighted by Crippen LogP contribution is 2.25. The van der Waals surface area contributed by atoms with Crippen LogP contribution in [0.4, 0.5) is 0 Å². The third kappa shape index (κ3) is 6.50. The summed E-state index contributed by atoms with van der Waals surface area (Å²) >= 11 is 6.40. The summed E-state index contributed by atoms with van der Waals surface area (Å²) < 4.78 is 5.96. The van der Waals surface area contributed by atoms with Crippen molar-refractivity contribution in [1.82, 2.24) is 10.2 Å². The number of carbonyl (C=O) groups excluding carboxylic acids is 2. The number of nitrogens with one attached hydrogen (secondary N) is 1. The molecule has 0 bridgehead atoms. The molecule has 3 rings (SSSR count). The van der Waals surface area contributed by atoms with E-state index in [-0.39, 0.29) is 31.0 Å². The molecule has 6 heteroatoms. The van der Waals surface area contributed by atoms with Crippen molar-refractivity contribution in [3.63, 3.8) is 0 Å². The quantitative estimate of drug-likeness (QED) is 0.525. The first kappa shape index (κ1) is 25.1. The molecule has 2 aromatic rings. The molecule has 0 unspecified atom stereocenters. The number of hydrogen-bond donors (Lipinski definition) is 1. The molecule has 0 spiro atoms. The number of rotatable bonds is 9. The number of amides is 2. The Labute approximate surface area is 202 Å². The van der Waals surface area contributed by atoms with Gasteiger partial charge in [0.2, 0.25) is 5.91 Å². The molecule has 0 saturated heterocycles. The summed E-state index contributed by atoms with van der Waals surface area (Å²) in [6.45, 7) is 8.07. The first-order valence-electron chi connectivity index (χ1n) is 11.8. The number of benzene rings is 2. The molecule has 1 atom stereocenters. The van der Waals surface area contributed by atoms with Crippen LogP contribution in [0.15, 0.2) is 36.4 Å². The van der Waals surface area contributed by atoms with E-state index in [1.807, 2.05) is 52.0 Å². The lowest BCUT2D eigenvalue weighted by molar-refractivity contribution is -0.143. The average molecular weight is 471 g/mol. The minimum atomic E-state index is -0.585. The number of halogens is 1. The zero-order valence-corrected chi connectivity index (χ0v) is 20.9. The summed E-state index contributed by atoms with van der Waals surface area (Å²) in [6.07, 6.45) is 4.77. The fraction of sp³-hybridized carbons (Fsp3) is 0.481. The van der Waals surface area contributed by atoms with Crippen molar-refractivity contribution >= 4 is 23.4 Å². The van der Waals surface area contributed by atoms with Gasteiger partial charge in [0.15, 0.2) is 6.61 Å². The summed E-state index contributed by atoms with van der Waals surface area (Å²) in [7, 11) is 0. The third-order valence-electron chi connectivity index (χ3n) is 6.50. The van der Waals surface area contributed by atoms with E-state index in [0.717, 1.165) is 47.9 Å². The topological polar surface area (TPSA) is 58.6 Å². The van der Waals surface area contributed by atoms with Crippen molar-refractivity contribution in [2.45, 2.75) is 78.4 Å². The monoisotopic (exact) mass is 470 g/mol.